The monoisotopic (exact) mass is 221 g/mol. The summed E-state index contributed by atoms with van der Waals surface area (Å²) in [6, 6.07) is -0.372. The maximum Gasteiger partial charge on any atom is 0.173 e. The van der Waals surface area contributed by atoms with Gasteiger partial charge >= 0.3 is 0 Å². The van der Waals surface area contributed by atoms with E-state index in [1.165, 1.54) is 14.2 Å². The van der Waals surface area contributed by atoms with E-state index in [1.54, 1.807) is 7.05 Å². The van der Waals surface area contributed by atoms with Crippen LogP contribution < -0.4 is 5.32 Å². The van der Waals surface area contributed by atoms with Crippen LogP contribution in [0.2, 0.25) is 0 Å². The van der Waals surface area contributed by atoms with Crippen molar-refractivity contribution in [3.05, 3.63) is 0 Å². The van der Waals surface area contributed by atoms with Gasteiger partial charge in [0, 0.05) is 14.2 Å². The summed E-state index contributed by atoms with van der Waals surface area (Å²) in [7, 11) is 4.76. The lowest BCUT2D eigenvalue weighted by atomic mass is 9.97. The van der Waals surface area contributed by atoms with Gasteiger partial charge in [-0.25, -0.2) is 0 Å². The highest BCUT2D eigenvalue weighted by Gasteiger charge is 2.45. The van der Waals surface area contributed by atoms with E-state index in [9.17, 15) is 5.11 Å². The summed E-state index contributed by atoms with van der Waals surface area (Å²) < 4.78 is 15.7. The van der Waals surface area contributed by atoms with Crippen LogP contribution in [-0.4, -0.2) is 68.7 Å². The first-order valence-corrected chi connectivity index (χ1v) is 4.86. The summed E-state index contributed by atoms with van der Waals surface area (Å²) in [5.41, 5.74) is 0. The predicted molar refractivity (Wildman–Crippen MR) is 52.4 cm³/mol. The Morgan fingerprint density at radius 2 is 1.87 bits per heavy atom. The zero-order valence-corrected chi connectivity index (χ0v) is 9.21. The number of likely N-dealkylation sites (N-methyl/N-ethyl adjacent to an activating group) is 1. The van der Waals surface area contributed by atoms with Crippen LogP contribution in [0.3, 0.4) is 0 Å². The van der Waals surface area contributed by atoms with Crippen molar-refractivity contribution < 1.29 is 24.4 Å². The summed E-state index contributed by atoms with van der Waals surface area (Å²) in [6.07, 6.45) is -2.34. The lowest BCUT2D eigenvalue weighted by Crippen LogP contribution is -2.63. The Morgan fingerprint density at radius 3 is 2.27 bits per heavy atom. The molecule has 0 aromatic carbocycles. The molecular formula is C9H19NO5. The van der Waals surface area contributed by atoms with Crippen molar-refractivity contribution in [1.82, 2.24) is 5.32 Å². The first-order chi connectivity index (χ1) is 7.19. The molecule has 0 aromatic rings. The number of nitrogens with one attached hydrogen (secondary N) is 1. The molecule has 1 fully saturated rings. The number of methoxy groups -OCH3 is 2. The minimum Gasteiger partial charge on any atom is -0.394 e. The van der Waals surface area contributed by atoms with Gasteiger partial charge in [-0.3, -0.25) is 0 Å². The van der Waals surface area contributed by atoms with Gasteiger partial charge in [0.1, 0.15) is 18.3 Å². The van der Waals surface area contributed by atoms with E-state index in [0.29, 0.717) is 0 Å². The minimum atomic E-state index is -1.01. The lowest BCUT2D eigenvalue weighted by Gasteiger charge is -2.43. The van der Waals surface area contributed by atoms with E-state index >= 15 is 0 Å². The number of hydrogen-bond donors (Lipinski definition) is 3. The van der Waals surface area contributed by atoms with Crippen molar-refractivity contribution in [3.63, 3.8) is 0 Å². The van der Waals surface area contributed by atoms with Gasteiger partial charge in [-0.15, -0.1) is 0 Å². The van der Waals surface area contributed by atoms with Crippen molar-refractivity contribution in [3.8, 4) is 0 Å². The second-order valence-electron chi connectivity index (χ2n) is 3.46. The highest BCUT2D eigenvalue weighted by Crippen LogP contribution is 2.23. The third-order valence-electron chi connectivity index (χ3n) is 2.72. The first kappa shape index (κ1) is 12.8. The molecule has 15 heavy (non-hydrogen) atoms. The SMILES string of the molecule is CNC1[C@H](O)OC(CO)[C@H](OC)[C@@H]1OC. The first-order valence-electron chi connectivity index (χ1n) is 4.86. The lowest BCUT2D eigenvalue weighted by molar-refractivity contribution is -0.263. The zero-order chi connectivity index (χ0) is 11.4. The molecule has 90 valence electrons. The average molecular weight is 221 g/mol. The van der Waals surface area contributed by atoms with Gasteiger partial charge in [0.25, 0.3) is 0 Å². The fraction of sp³-hybridized carbons (Fsp3) is 1.00. The molecule has 1 rings (SSSR count). The van der Waals surface area contributed by atoms with Crippen molar-refractivity contribution in [2.24, 2.45) is 0 Å². The Hall–Kier alpha value is -0.240. The highest BCUT2D eigenvalue weighted by molar-refractivity contribution is 4.93. The average Bonchev–Trinajstić information content (AvgIpc) is 2.27. The molecule has 6 heteroatoms. The van der Waals surface area contributed by atoms with Crippen LogP contribution in [0.4, 0.5) is 0 Å². The van der Waals surface area contributed by atoms with Crippen LogP contribution in [-0.2, 0) is 14.2 Å². The standard InChI is InChI=1S/C9H19NO5/c1-10-6-8(14-3)7(13-2)5(4-11)15-9(6)12/h5-12H,4H2,1-3H3/t5?,6?,7-,8+,9+/m0/s1. The molecule has 2 unspecified atom stereocenters. The molecule has 0 radical (unpaired) electrons. The molecule has 1 heterocycles. The van der Waals surface area contributed by atoms with Gasteiger partial charge in [-0.1, -0.05) is 0 Å². The Morgan fingerprint density at radius 1 is 1.27 bits per heavy atom. The van der Waals surface area contributed by atoms with Crippen LogP contribution in [0.5, 0.6) is 0 Å². The molecule has 0 aromatic heterocycles. The quantitative estimate of drug-likeness (QED) is 0.526. The number of aliphatic hydroxyl groups is 2. The fourth-order valence-corrected chi connectivity index (χ4v) is 1.94. The molecule has 0 spiro atoms. The molecular weight excluding hydrogens is 202 g/mol. The van der Waals surface area contributed by atoms with E-state index in [2.05, 4.69) is 5.32 Å². The van der Waals surface area contributed by atoms with E-state index in [4.69, 9.17) is 19.3 Å². The molecule has 0 aliphatic carbocycles. The number of rotatable bonds is 4. The Balaban J connectivity index is 2.80. The van der Waals surface area contributed by atoms with E-state index in [1.807, 2.05) is 0 Å². The largest absolute Gasteiger partial charge is 0.394 e. The summed E-state index contributed by atoms with van der Waals surface area (Å²) in [5, 5.41) is 21.6. The smallest absolute Gasteiger partial charge is 0.173 e. The van der Waals surface area contributed by atoms with Crippen molar-refractivity contribution in [2.45, 2.75) is 30.6 Å². The van der Waals surface area contributed by atoms with Crippen molar-refractivity contribution in [1.29, 1.82) is 0 Å². The number of aliphatic hydroxyl groups excluding tert-OH is 2. The number of hydrogen-bond acceptors (Lipinski definition) is 6. The molecule has 6 nitrogen and oxygen atoms in total. The van der Waals surface area contributed by atoms with Crippen LogP contribution in [0.25, 0.3) is 0 Å². The third-order valence-corrected chi connectivity index (χ3v) is 2.72. The normalized spacial score (nSPS) is 41.8. The molecule has 3 N–H and O–H groups in total. The molecule has 5 atom stereocenters. The van der Waals surface area contributed by atoms with E-state index < -0.39 is 18.5 Å². The molecule has 1 aliphatic heterocycles. The summed E-state index contributed by atoms with van der Waals surface area (Å²) in [6.45, 7) is -0.216. The van der Waals surface area contributed by atoms with Gasteiger partial charge in [0.05, 0.1) is 12.6 Å². The molecule has 0 amide bonds. The predicted octanol–water partition coefficient (Wildman–Crippen LogP) is -1.69. The minimum absolute atomic E-state index is 0.216. The molecule has 1 saturated heterocycles. The Kier molecular flexibility index (Phi) is 4.91. The maximum absolute atomic E-state index is 9.65. The highest BCUT2D eigenvalue weighted by atomic mass is 16.6. The zero-order valence-electron chi connectivity index (χ0n) is 9.21. The molecule has 1 aliphatic rings. The maximum atomic E-state index is 9.65. The van der Waals surface area contributed by atoms with Crippen LogP contribution in [0, 0.1) is 0 Å². The van der Waals surface area contributed by atoms with Crippen molar-refractivity contribution >= 4 is 0 Å². The second kappa shape index (κ2) is 5.74. The van der Waals surface area contributed by atoms with Crippen LogP contribution in [0.15, 0.2) is 0 Å². The van der Waals surface area contributed by atoms with Gasteiger partial charge in [0.15, 0.2) is 6.29 Å². The van der Waals surface area contributed by atoms with E-state index in [0.717, 1.165) is 0 Å². The van der Waals surface area contributed by atoms with Gasteiger partial charge < -0.3 is 29.7 Å². The van der Waals surface area contributed by atoms with Gasteiger partial charge in [-0.2, -0.15) is 0 Å². The van der Waals surface area contributed by atoms with Gasteiger partial charge in [-0.05, 0) is 7.05 Å². The Bertz CT molecular complexity index is 191. The summed E-state index contributed by atoms with van der Waals surface area (Å²) in [4.78, 5) is 0. The van der Waals surface area contributed by atoms with Gasteiger partial charge in [0.2, 0.25) is 0 Å². The molecule has 0 bridgehead atoms. The third kappa shape index (κ3) is 2.47. The second-order valence-corrected chi connectivity index (χ2v) is 3.46. The summed E-state index contributed by atoms with van der Waals surface area (Å²) in [5.74, 6) is 0. The van der Waals surface area contributed by atoms with Crippen molar-refractivity contribution in [2.75, 3.05) is 27.9 Å². The van der Waals surface area contributed by atoms with E-state index in [-0.39, 0.29) is 18.8 Å². The molecule has 0 saturated carbocycles. The van der Waals surface area contributed by atoms with Crippen LogP contribution >= 0.6 is 0 Å². The van der Waals surface area contributed by atoms with Crippen LogP contribution in [0.1, 0.15) is 0 Å². The Labute approximate surface area is 89.1 Å². The summed E-state index contributed by atoms with van der Waals surface area (Å²) >= 11 is 0. The number of ether oxygens (including phenoxy) is 3. The fourth-order valence-electron chi connectivity index (χ4n) is 1.94. The topological polar surface area (TPSA) is 80.2 Å².